The number of amides is 1. The van der Waals surface area contributed by atoms with E-state index in [2.05, 4.69) is 11.4 Å². The van der Waals surface area contributed by atoms with Crippen LogP contribution in [0.4, 0.5) is 0 Å². The lowest BCUT2D eigenvalue weighted by Gasteiger charge is -2.17. The average molecular weight is 239 g/mol. The van der Waals surface area contributed by atoms with E-state index < -0.39 is 0 Å². The van der Waals surface area contributed by atoms with E-state index in [0.717, 1.165) is 18.0 Å². The van der Waals surface area contributed by atoms with Crippen LogP contribution in [0.25, 0.3) is 9.40 Å². The molecule has 2 rings (SSSR count). The largest absolute Gasteiger partial charge is 0.339 e. The van der Waals surface area contributed by atoms with E-state index in [-0.39, 0.29) is 5.91 Å². The van der Waals surface area contributed by atoms with Gasteiger partial charge in [-0.2, -0.15) is 0 Å². The molecule has 0 N–H and O–H groups in total. The highest BCUT2D eigenvalue weighted by atomic mass is 32.1. The minimum absolute atomic E-state index is 0.161. The Balaban J connectivity index is 2.30. The number of thiophene rings is 2. The fourth-order valence-electron chi connectivity index (χ4n) is 1.54. The molecule has 0 bridgehead atoms. The van der Waals surface area contributed by atoms with Crippen LogP contribution in [0.1, 0.15) is 23.5 Å². The van der Waals surface area contributed by atoms with Crippen molar-refractivity contribution in [2.45, 2.75) is 13.8 Å². The molecule has 0 fully saturated rings. The van der Waals surface area contributed by atoms with Gasteiger partial charge >= 0.3 is 0 Å². The number of fused-ring (bicyclic) bond motifs is 1. The molecule has 15 heavy (non-hydrogen) atoms. The quantitative estimate of drug-likeness (QED) is 0.803. The molecule has 2 aromatic heterocycles. The van der Waals surface area contributed by atoms with Crippen LogP contribution in [0.5, 0.6) is 0 Å². The fraction of sp³-hybridized carbons (Fsp3) is 0.364. The third-order valence-corrected chi connectivity index (χ3v) is 4.48. The van der Waals surface area contributed by atoms with Gasteiger partial charge in [0.05, 0.1) is 4.88 Å². The number of carbonyl (C=O) groups is 1. The van der Waals surface area contributed by atoms with Crippen molar-refractivity contribution in [1.29, 1.82) is 0 Å². The lowest BCUT2D eigenvalue weighted by molar-refractivity contribution is 0.0778. The summed E-state index contributed by atoms with van der Waals surface area (Å²) in [5, 5.41) is 2.06. The summed E-state index contributed by atoms with van der Waals surface area (Å²) < 4.78 is 2.44. The monoisotopic (exact) mass is 239 g/mol. The third-order valence-electron chi connectivity index (χ3n) is 2.40. The Kier molecular flexibility index (Phi) is 3.07. The fourth-order valence-corrected chi connectivity index (χ4v) is 3.61. The second-order valence-corrected chi connectivity index (χ2v) is 5.27. The van der Waals surface area contributed by atoms with E-state index >= 15 is 0 Å². The SMILES string of the molecule is CCN(CC)C(=O)c1cc2sccc2s1. The maximum absolute atomic E-state index is 12.0. The molecule has 0 saturated heterocycles. The van der Waals surface area contributed by atoms with Gasteiger partial charge in [0.1, 0.15) is 0 Å². The van der Waals surface area contributed by atoms with E-state index in [9.17, 15) is 4.79 Å². The number of nitrogens with zero attached hydrogens (tertiary/aromatic N) is 1. The van der Waals surface area contributed by atoms with Gasteiger partial charge in [-0.3, -0.25) is 4.79 Å². The zero-order chi connectivity index (χ0) is 10.8. The van der Waals surface area contributed by atoms with Crippen LogP contribution in [0.3, 0.4) is 0 Å². The van der Waals surface area contributed by atoms with Crippen molar-refractivity contribution in [2.75, 3.05) is 13.1 Å². The molecule has 2 nitrogen and oxygen atoms in total. The number of hydrogen-bond donors (Lipinski definition) is 0. The van der Waals surface area contributed by atoms with Crippen molar-refractivity contribution in [1.82, 2.24) is 4.90 Å². The van der Waals surface area contributed by atoms with Crippen molar-refractivity contribution in [3.63, 3.8) is 0 Å². The molecular weight excluding hydrogens is 226 g/mol. The van der Waals surface area contributed by atoms with Gasteiger partial charge in [0, 0.05) is 22.5 Å². The highest BCUT2D eigenvalue weighted by Crippen LogP contribution is 2.30. The Morgan fingerprint density at radius 3 is 2.67 bits per heavy atom. The first kappa shape index (κ1) is 10.6. The molecule has 2 heterocycles. The van der Waals surface area contributed by atoms with Crippen molar-refractivity contribution in [3.05, 3.63) is 22.4 Å². The second kappa shape index (κ2) is 4.33. The Morgan fingerprint density at radius 2 is 2.07 bits per heavy atom. The van der Waals surface area contributed by atoms with Gasteiger partial charge in [-0.05, 0) is 31.4 Å². The standard InChI is InChI=1S/C11H13NOS2/c1-3-12(4-2)11(13)10-7-9-8(15-10)5-6-14-9/h5-7H,3-4H2,1-2H3. The van der Waals surface area contributed by atoms with Crippen molar-refractivity contribution >= 4 is 38.0 Å². The van der Waals surface area contributed by atoms with E-state index in [1.165, 1.54) is 9.40 Å². The molecule has 0 aliphatic rings. The topological polar surface area (TPSA) is 20.3 Å². The smallest absolute Gasteiger partial charge is 0.263 e. The summed E-state index contributed by atoms with van der Waals surface area (Å²) in [5.74, 6) is 0.161. The highest BCUT2D eigenvalue weighted by molar-refractivity contribution is 7.27. The van der Waals surface area contributed by atoms with Gasteiger partial charge in [0.15, 0.2) is 0 Å². The van der Waals surface area contributed by atoms with Gasteiger partial charge in [-0.15, -0.1) is 22.7 Å². The van der Waals surface area contributed by atoms with Gasteiger partial charge in [-0.1, -0.05) is 0 Å². The molecule has 4 heteroatoms. The molecule has 0 radical (unpaired) electrons. The van der Waals surface area contributed by atoms with E-state index in [1.54, 1.807) is 22.7 Å². The summed E-state index contributed by atoms with van der Waals surface area (Å²) in [4.78, 5) is 14.7. The van der Waals surface area contributed by atoms with Crippen LogP contribution in [0, 0.1) is 0 Å². The van der Waals surface area contributed by atoms with Crippen LogP contribution in [-0.4, -0.2) is 23.9 Å². The third kappa shape index (κ3) is 1.92. The molecule has 1 amide bonds. The summed E-state index contributed by atoms with van der Waals surface area (Å²) in [6.45, 7) is 5.58. The van der Waals surface area contributed by atoms with Crippen molar-refractivity contribution in [3.8, 4) is 0 Å². The number of rotatable bonds is 3. The van der Waals surface area contributed by atoms with Gasteiger partial charge < -0.3 is 4.90 Å². The first-order valence-corrected chi connectivity index (χ1v) is 6.72. The summed E-state index contributed by atoms with van der Waals surface area (Å²) in [6.07, 6.45) is 0. The molecule has 0 atom stereocenters. The normalized spacial score (nSPS) is 10.8. The van der Waals surface area contributed by atoms with E-state index in [0.29, 0.717) is 0 Å². The molecule has 0 spiro atoms. The Morgan fingerprint density at radius 1 is 1.33 bits per heavy atom. The lowest BCUT2D eigenvalue weighted by atomic mass is 10.4. The zero-order valence-electron chi connectivity index (χ0n) is 8.82. The van der Waals surface area contributed by atoms with Crippen LogP contribution in [-0.2, 0) is 0 Å². The molecule has 0 unspecified atom stereocenters. The van der Waals surface area contributed by atoms with Gasteiger partial charge in [0.2, 0.25) is 0 Å². The Labute approximate surface area is 97.1 Å². The molecule has 0 saturated carbocycles. The predicted octanol–water partition coefficient (Wildman–Crippen LogP) is 3.44. The second-order valence-electron chi connectivity index (χ2n) is 3.24. The lowest BCUT2D eigenvalue weighted by Crippen LogP contribution is -2.29. The first-order chi connectivity index (χ1) is 7.26. The summed E-state index contributed by atoms with van der Waals surface area (Å²) in [7, 11) is 0. The summed E-state index contributed by atoms with van der Waals surface area (Å²) in [5.41, 5.74) is 0. The number of carbonyl (C=O) groups excluding carboxylic acids is 1. The Bertz CT molecular complexity index is 439. The zero-order valence-corrected chi connectivity index (χ0v) is 10.5. The van der Waals surface area contributed by atoms with Crippen LogP contribution >= 0.6 is 22.7 Å². The summed E-state index contributed by atoms with van der Waals surface area (Å²) >= 11 is 3.28. The van der Waals surface area contributed by atoms with Crippen LogP contribution in [0.2, 0.25) is 0 Å². The minimum Gasteiger partial charge on any atom is -0.339 e. The predicted molar refractivity (Wildman–Crippen MR) is 67.0 cm³/mol. The maximum Gasteiger partial charge on any atom is 0.263 e. The van der Waals surface area contributed by atoms with Crippen molar-refractivity contribution in [2.24, 2.45) is 0 Å². The van der Waals surface area contributed by atoms with Gasteiger partial charge in [0.25, 0.3) is 5.91 Å². The van der Waals surface area contributed by atoms with Crippen LogP contribution in [0.15, 0.2) is 17.5 Å². The first-order valence-electron chi connectivity index (χ1n) is 5.02. The van der Waals surface area contributed by atoms with Crippen LogP contribution < -0.4 is 0 Å². The Hall–Kier alpha value is -0.870. The maximum atomic E-state index is 12.0. The average Bonchev–Trinajstić information content (AvgIpc) is 2.78. The summed E-state index contributed by atoms with van der Waals surface area (Å²) in [6, 6.07) is 4.08. The van der Waals surface area contributed by atoms with Gasteiger partial charge in [-0.25, -0.2) is 0 Å². The highest BCUT2D eigenvalue weighted by Gasteiger charge is 2.15. The van der Waals surface area contributed by atoms with E-state index in [4.69, 9.17) is 0 Å². The number of hydrogen-bond acceptors (Lipinski definition) is 3. The van der Waals surface area contributed by atoms with Crippen molar-refractivity contribution < 1.29 is 4.79 Å². The molecule has 0 aliphatic heterocycles. The molecular formula is C11H13NOS2. The molecule has 2 aromatic rings. The van der Waals surface area contributed by atoms with E-state index in [1.807, 2.05) is 24.8 Å². The minimum atomic E-state index is 0.161. The molecule has 80 valence electrons. The molecule has 0 aliphatic carbocycles. The molecule has 0 aromatic carbocycles.